The summed E-state index contributed by atoms with van der Waals surface area (Å²) in [4.78, 5) is 121. The number of aromatic amines is 2. The zero-order valence-electron chi connectivity index (χ0n) is 82.2. The van der Waals surface area contributed by atoms with Gasteiger partial charge >= 0.3 is 25.4 Å². The maximum atomic E-state index is 12.4. The summed E-state index contributed by atoms with van der Waals surface area (Å²) in [7, 11) is -0.307. The van der Waals surface area contributed by atoms with E-state index in [0.717, 1.165) is 104 Å². The van der Waals surface area contributed by atoms with Crippen molar-refractivity contribution in [2.75, 3.05) is 65.5 Å². The van der Waals surface area contributed by atoms with Crippen LogP contribution in [0, 0.1) is 46.3 Å². The van der Waals surface area contributed by atoms with Gasteiger partial charge in [-0.15, -0.1) is 20.4 Å². The third-order valence-corrected chi connectivity index (χ3v) is 23.8. The first-order chi connectivity index (χ1) is 69.8. The van der Waals surface area contributed by atoms with Gasteiger partial charge in [-0.2, -0.15) is 50.7 Å². The number of isothiocyanates is 1. The van der Waals surface area contributed by atoms with E-state index in [-0.39, 0.29) is 107 Å². The number of thiocarbonyl (C=S) groups is 2. The molecule has 0 atom stereocenters. The van der Waals surface area contributed by atoms with Crippen molar-refractivity contribution < 1.29 is 66.5 Å². The number of rotatable bonds is 14. The second-order valence-corrected chi connectivity index (χ2v) is 40.2. The molecule has 7 aliphatic rings. The molecule has 0 aromatic carbocycles. The SMILES string of the molecule is CC(=O)N=C=S.CC(C)(C)OC(=O)N1CC(=CC#N)C1.CC(C)(C)OC(=O)N1CC(CC#N)(n2cc(-c3cccc4nc(NC(=O)C5CC5)nn34)cn2)C1.CC1(C)OB(c2cn[nH]c2)OC1(C)C.CCOC(=O)NC(=S)Nc1cccc(Br)n1.N.Nc1cccc(Br)n1.Nc1nc2cccc(Br)n2n1.O=C(Cl)C1CC1.O=C(Nc1nc2cccc(-c3cn[nH]c3)n2n1)C1CC1.O=C(Nc1nc2cccc(Br)n2n1)C1CC1.OCl. The highest BCUT2D eigenvalue weighted by atomic mass is 79.9. The summed E-state index contributed by atoms with van der Waals surface area (Å²) in [5.74, 6) is 2.60. The molecule has 3 saturated heterocycles. The van der Waals surface area contributed by atoms with Gasteiger partial charge in [-0.3, -0.25) is 64.8 Å². The van der Waals surface area contributed by atoms with E-state index in [9.17, 15) is 43.6 Å². The lowest BCUT2D eigenvalue weighted by Gasteiger charge is -2.48. The summed E-state index contributed by atoms with van der Waals surface area (Å²) >= 11 is 30.7. The van der Waals surface area contributed by atoms with Gasteiger partial charge in [0, 0.05) is 91.1 Å². The lowest BCUT2D eigenvalue weighted by atomic mass is 9.82. The largest absolute Gasteiger partial charge is 0.498 e. The van der Waals surface area contributed by atoms with Gasteiger partial charge in [0.25, 0.3) is 5.91 Å². The van der Waals surface area contributed by atoms with Crippen molar-refractivity contribution in [1.29, 1.82) is 10.5 Å². The fourth-order valence-electron chi connectivity index (χ4n) is 12.7. The third kappa shape index (κ3) is 36.2. The number of alkyl carbamates (subject to hydrolysis) is 1. The lowest BCUT2D eigenvalue weighted by Crippen LogP contribution is -2.64. The summed E-state index contributed by atoms with van der Waals surface area (Å²) in [6.45, 7) is 24.1. The van der Waals surface area contributed by atoms with Crippen LogP contribution in [0.15, 0.2) is 181 Å². The number of ether oxygens (including phenoxy) is 3. The van der Waals surface area contributed by atoms with Crippen molar-refractivity contribution in [3.05, 3.63) is 176 Å². The Kier molecular flexibility index (Phi) is 43.3. The zero-order chi connectivity index (χ0) is 107. The molecule has 7 fully saturated rings. The highest BCUT2D eigenvalue weighted by Gasteiger charge is 2.53. The Bertz CT molecular complexity index is 6920. The number of nitrogens with two attached hydrogens (primary N) is 2. The first kappa shape index (κ1) is 118. The van der Waals surface area contributed by atoms with Gasteiger partial charge in [-0.05, 0) is 306 Å². The van der Waals surface area contributed by atoms with Crippen LogP contribution < -0.4 is 49.7 Å². The topological polar surface area (TPSA) is 638 Å². The number of carbonyl (C=O) groups excluding carboxylic acids is 8. The zero-order valence-corrected chi connectivity index (χ0v) is 91.7. The predicted molar refractivity (Wildman–Crippen MR) is 573 cm³/mol. The number of aliphatic imine (C=N–C) groups is 1. The number of hydrogen-bond acceptors (Lipinski definition) is 34. The molecule has 0 spiro atoms. The third-order valence-electron chi connectivity index (χ3n) is 21.1. The number of carbonyl (C=O) groups is 8. The maximum Gasteiger partial charge on any atom is 0.498 e. The molecular weight excluding hydrogens is 2260 g/mol. The number of aromatic nitrogens is 20. The van der Waals surface area contributed by atoms with Crippen LogP contribution in [-0.2, 0) is 53.0 Å². The first-order valence-corrected chi connectivity index (χ1v) is 49.9. The first-order valence-electron chi connectivity index (χ1n) is 45.2. The molecule has 782 valence electrons. The Balaban J connectivity index is 0.000000190. The number of likely N-dealkylation sites (tertiary alicyclic amines) is 2. The smallest absolute Gasteiger partial charge is 0.450 e. The van der Waals surface area contributed by atoms with Crippen LogP contribution in [0.2, 0.25) is 0 Å². The van der Waals surface area contributed by atoms with E-state index >= 15 is 0 Å². The molecule has 13 aromatic rings. The number of H-pyrrole nitrogens is 2. The van der Waals surface area contributed by atoms with Gasteiger partial charge in [-0.25, -0.2) is 42.4 Å². The van der Waals surface area contributed by atoms with E-state index in [0.29, 0.717) is 77.9 Å². The van der Waals surface area contributed by atoms with Gasteiger partial charge in [-0.1, -0.05) is 36.4 Å². The molecule has 47 nitrogen and oxygen atoms in total. The number of nitrogen functional groups attached to an aromatic ring is 2. The highest BCUT2D eigenvalue weighted by molar-refractivity contribution is 9.11. The van der Waals surface area contributed by atoms with Gasteiger partial charge in [0.1, 0.15) is 46.8 Å². The molecule has 3 aliphatic heterocycles. The summed E-state index contributed by atoms with van der Waals surface area (Å²) in [6, 6.07) is 37.3. The Morgan fingerprint density at radius 3 is 1.45 bits per heavy atom. The average molecular weight is 2370 g/mol. The Labute approximate surface area is 903 Å². The molecule has 15 N–H and O–H groups in total. The number of nitrogens with one attached hydrogen (secondary N) is 7. The second kappa shape index (κ2) is 54.4. The van der Waals surface area contributed by atoms with Crippen molar-refractivity contribution in [1.82, 2.24) is 120 Å². The van der Waals surface area contributed by atoms with E-state index in [1.54, 1.807) is 94.7 Å². The Morgan fingerprint density at radius 1 is 0.601 bits per heavy atom. The number of amides is 7. The van der Waals surface area contributed by atoms with Crippen molar-refractivity contribution >= 4 is 240 Å². The van der Waals surface area contributed by atoms with Gasteiger partial charge in [0.05, 0.1) is 90.3 Å². The van der Waals surface area contributed by atoms with Crippen LogP contribution in [0.25, 0.3) is 45.1 Å². The summed E-state index contributed by atoms with van der Waals surface area (Å²) in [5, 5.41) is 67.9. The molecular formula is C92H108BBr4Cl2N33O14S2. The number of fused-ring (bicyclic) bond motifs is 4. The highest BCUT2D eigenvalue weighted by Crippen LogP contribution is 2.39. The molecule has 148 heavy (non-hydrogen) atoms. The quantitative estimate of drug-likeness (QED) is 0.00916. The Hall–Kier alpha value is -13.6. The summed E-state index contributed by atoms with van der Waals surface area (Å²) in [6.07, 6.45) is 18.7. The van der Waals surface area contributed by atoms with Crippen LogP contribution >= 0.6 is 112 Å². The molecule has 13 aromatic heterocycles. The number of nitrogens with zero attached hydrogens (tertiary/aromatic N) is 23. The average Bonchev–Trinajstić information content (AvgIpc) is 1.44. The van der Waals surface area contributed by atoms with Gasteiger partial charge in [0.2, 0.25) is 46.8 Å². The molecule has 16 heterocycles. The summed E-state index contributed by atoms with van der Waals surface area (Å²) < 4.78 is 44.9. The normalized spacial score (nSPS) is 14.8. The van der Waals surface area contributed by atoms with E-state index in [2.05, 4.69) is 206 Å². The number of allylic oxidation sites excluding steroid dienone is 1. The molecule has 0 unspecified atom stereocenters. The van der Waals surface area contributed by atoms with Gasteiger partial charge < -0.3 is 56.3 Å². The van der Waals surface area contributed by atoms with Crippen LogP contribution in [-0.4, -0.2) is 233 Å². The minimum atomic E-state index is -0.621. The molecule has 4 aliphatic carbocycles. The monoisotopic (exact) mass is 2360 g/mol. The van der Waals surface area contributed by atoms with E-state index in [4.69, 9.17) is 64.0 Å². The van der Waals surface area contributed by atoms with E-state index in [1.165, 1.54) is 13.0 Å². The van der Waals surface area contributed by atoms with Gasteiger partial charge in [0.15, 0.2) is 27.7 Å². The number of pyridine rings is 6. The molecule has 0 radical (unpaired) electrons. The number of hydrogen-bond donors (Lipinski definition) is 11. The van der Waals surface area contributed by atoms with Crippen LogP contribution in [0.5, 0.6) is 0 Å². The predicted octanol–water partition coefficient (Wildman–Crippen LogP) is 15.4. The Morgan fingerprint density at radius 2 is 1.05 bits per heavy atom. The van der Waals surface area contributed by atoms with Crippen molar-refractivity contribution in [3.8, 4) is 34.7 Å². The minimum Gasteiger partial charge on any atom is -0.450 e. The minimum absolute atomic E-state index is 0. The molecule has 4 saturated carbocycles. The van der Waals surface area contributed by atoms with Crippen molar-refractivity contribution in [2.24, 2.45) is 28.7 Å². The van der Waals surface area contributed by atoms with Crippen molar-refractivity contribution in [3.63, 3.8) is 0 Å². The van der Waals surface area contributed by atoms with E-state index in [1.807, 2.05) is 172 Å². The number of nitriles is 2. The summed E-state index contributed by atoms with van der Waals surface area (Å²) in [5.41, 5.74) is 16.5. The second-order valence-electron chi connectivity index (χ2n) is 35.9. The molecule has 20 rings (SSSR count). The maximum absolute atomic E-state index is 12.4. The van der Waals surface area contributed by atoms with Crippen LogP contribution in [0.4, 0.5) is 49.8 Å². The number of anilines is 6. The molecule has 56 heteroatoms. The van der Waals surface area contributed by atoms with Crippen LogP contribution in [0.3, 0.4) is 0 Å². The van der Waals surface area contributed by atoms with Crippen LogP contribution in [0.1, 0.15) is 141 Å². The molecule has 0 bridgehead atoms. The lowest BCUT2D eigenvalue weighted by molar-refractivity contribution is -0.118. The van der Waals surface area contributed by atoms with Crippen molar-refractivity contribution in [2.45, 2.75) is 169 Å². The fourth-order valence-corrected chi connectivity index (χ4v) is 14.8. The fraction of sp³-hybridized carbons (Fsp3) is 0.380. The number of halogens is 6. The molecule has 7 amide bonds. The standard InChI is InChI=1S/C23H26N8O3.C13H12N6O.C10H9BrN4O.C10H14N2O2.C9H15BN2O2.C9H10BrN3O2S.C6H5BrN4.C5H5BrN2.C4H5ClO.C3H3NOS.ClHO.H3N/c1-22(2,3)34-21(33)29-13-23(14-29,9-10-24)30-12-16(11-25-30)17-5-4-6-18-26-20(28-31(17)18)27-19(32)15-7-8-15;20-12(8-4-5-8)17-13-16-11-3-1-2-10(19(11)18-13)9-6-14-15-7-9;11-7-2-1-3-8-12-10(14-15(7)8)13-9(16)6-4-5-6;1-10(2,3)14-9(13)12-6-8(7-12)4-5-11;1-8(2)9(3,4)14-10(13-8)7-5-11-12-6-7;1-2-15-9(14)13-8(16)12-7-5-3-4-6(10)11-7;7-4-2-1-3-5-9-6(8)10-11(4)5;6-4-2-1-3-5(7)8-4;5-4(6)3-1-2-3;1-3(5)4-2-6;1-2;/h4-6,11-12,15H,7-9,13-14H2,1-3H3,(H,27,28,32);1-3,6-8H,4-5H2,(H,14,15)(H,17,18,20);1-3,6H,4-5H2,(H,13,14,16);4H,6-7H2,1-3H3;5-6H,1-4H3,(H,11,12);3-5H,2H2,1H3,(H2,11,12,13,14,16);1-3H,(H2,8,10);1-3H,(H2,7,8);3H,1-2H2;1H3;2H;1H3. The van der Waals surface area contributed by atoms with E-state index < -0.39 is 28.9 Å².